The second-order valence-corrected chi connectivity index (χ2v) is 7.99. The lowest BCUT2D eigenvalue weighted by Gasteiger charge is -2.23. The third-order valence-electron chi connectivity index (χ3n) is 3.74. The minimum atomic E-state index is -0.0989. The van der Waals surface area contributed by atoms with E-state index in [0.717, 1.165) is 28.4 Å². The summed E-state index contributed by atoms with van der Waals surface area (Å²) in [5.74, 6) is 0.966. The van der Waals surface area contributed by atoms with E-state index in [-0.39, 0.29) is 5.54 Å². The summed E-state index contributed by atoms with van der Waals surface area (Å²) in [6, 6.07) is 9.86. The molecule has 1 aromatic carbocycles. The Labute approximate surface area is 152 Å². The molecule has 2 heterocycles. The second-order valence-electron chi connectivity index (χ2n) is 7.18. The number of rotatable bonds is 2. The van der Waals surface area contributed by atoms with Gasteiger partial charge in [0.25, 0.3) is 0 Å². The molecule has 0 aliphatic carbocycles. The van der Waals surface area contributed by atoms with E-state index in [1.807, 2.05) is 18.2 Å². The van der Waals surface area contributed by atoms with E-state index in [9.17, 15) is 0 Å². The summed E-state index contributed by atoms with van der Waals surface area (Å²) < 4.78 is 2.15. The Kier molecular flexibility index (Phi) is 4.27. The van der Waals surface area contributed by atoms with E-state index in [1.165, 1.54) is 5.56 Å². The molecule has 0 atom stereocenters. The van der Waals surface area contributed by atoms with Gasteiger partial charge in [0.15, 0.2) is 0 Å². The van der Waals surface area contributed by atoms with Crippen molar-refractivity contribution in [3.05, 3.63) is 51.6 Å². The van der Waals surface area contributed by atoms with Crippen molar-refractivity contribution in [1.29, 1.82) is 0 Å². The molecule has 0 fully saturated rings. The third-order valence-corrected chi connectivity index (χ3v) is 4.47. The molecule has 3 aromatic rings. The van der Waals surface area contributed by atoms with Crippen LogP contribution in [-0.4, -0.2) is 14.9 Å². The topological polar surface area (TPSA) is 29.3 Å². The van der Waals surface area contributed by atoms with Crippen LogP contribution in [0.1, 0.15) is 32.0 Å². The molecule has 0 saturated carbocycles. The first-order valence-corrected chi connectivity index (χ1v) is 8.64. The first-order chi connectivity index (χ1) is 11.2. The Bertz CT molecular complexity index is 920. The van der Waals surface area contributed by atoms with Crippen LogP contribution in [0, 0.1) is 13.8 Å². The fourth-order valence-corrected chi connectivity index (χ4v) is 3.14. The van der Waals surface area contributed by atoms with Crippen LogP contribution < -0.4 is 5.32 Å². The van der Waals surface area contributed by atoms with Gasteiger partial charge in [0.05, 0.1) is 10.0 Å². The van der Waals surface area contributed by atoms with Gasteiger partial charge in [-0.2, -0.15) is 0 Å². The quantitative estimate of drug-likeness (QED) is 0.594. The molecule has 24 heavy (non-hydrogen) atoms. The van der Waals surface area contributed by atoms with Crippen LogP contribution in [0.15, 0.2) is 30.3 Å². The number of nitrogens with one attached hydrogen (secondary N) is 1. The normalized spacial score (nSPS) is 12.0. The predicted molar refractivity (Wildman–Crippen MR) is 103 cm³/mol. The first-order valence-electron chi connectivity index (χ1n) is 7.89. The number of hydrogen-bond donors (Lipinski definition) is 1. The van der Waals surface area contributed by atoms with Gasteiger partial charge in [-0.15, -0.1) is 0 Å². The Morgan fingerprint density at radius 1 is 1.00 bits per heavy atom. The van der Waals surface area contributed by atoms with Gasteiger partial charge >= 0.3 is 0 Å². The van der Waals surface area contributed by atoms with E-state index >= 15 is 0 Å². The average Bonchev–Trinajstić information content (AvgIpc) is 2.78. The number of halogens is 2. The molecule has 0 amide bonds. The summed E-state index contributed by atoms with van der Waals surface area (Å²) in [5, 5.41) is 4.66. The molecule has 0 bridgehead atoms. The molecule has 0 radical (unpaired) electrons. The molecule has 0 aliphatic heterocycles. The van der Waals surface area contributed by atoms with Gasteiger partial charge in [-0.3, -0.25) is 4.40 Å². The van der Waals surface area contributed by atoms with Crippen LogP contribution in [0.25, 0.3) is 16.9 Å². The van der Waals surface area contributed by atoms with Crippen molar-refractivity contribution in [2.45, 2.75) is 40.2 Å². The molecular weight excluding hydrogens is 341 g/mol. The van der Waals surface area contributed by atoms with Gasteiger partial charge in [-0.25, -0.2) is 4.98 Å². The number of aryl methyl sites for hydroxylation is 2. The maximum atomic E-state index is 6.22. The highest BCUT2D eigenvalue weighted by Gasteiger charge is 2.20. The summed E-state index contributed by atoms with van der Waals surface area (Å²) in [7, 11) is 0. The molecule has 3 rings (SSSR count). The Morgan fingerprint density at radius 2 is 1.71 bits per heavy atom. The van der Waals surface area contributed by atoms with Crippen LogP contribution in [0.2, 0.25) is 10.0 Å². The third kappa shape index (κ3) is 3.24. The van der Waals surface area contributed by atoms with Gasteiger partial charge < -0.3 is 5.32 Å². The summed E-state index contributed by atoms with van der Waals surface area (Å²) in [5.41, 5.74) is 4.95. The highest BCUT2D eigenvalue weighted by atomic mass is 35.5. The number of imidazole rings is 1. The lowest BCUT2D eigenvalue weighted by atomic mass is 10.1. The SMILES string of the molecule is Cc1cc(C)n2c(NC(C)(C)C)c(-c3ccc(Cl)c(Cl)c3)nc2c1. The van der Waals surface area contributed by atoms with Crippen molar-refractivity contribution in [3.63, 3.8) is 0 Å². The summed E-state index contributed by atoms with van der Waals surface area (Å²) >= 11 is 12.3. The van der Waals surface area contributed by atoms with Crippen LogP contribution in [0.5, 0.6) is 0 Å². The molecule has 0 unspecified atom stereocenters. The molecule has 1 N–H and O–H groups in total. The van der Waals surface area contributed by atoms with E-state index < -0.39 is 0 Å². The number of benzene rings is 1. The van der Waals surface area contributed by atoms with E-state index in [0.29, 0.717) is 10.0 Å². The fraction of sp³-hybridized carbons (Fsp3) is 0.316. The zero-order chi connectivity index (χ0) is 17.6. The van der Waals surface area contributed by atoms with Gasteiger partial charge in [-0.1, -0.05) is 29.3 Å². The molecular formula is C19H21Cl2N3. The molecule has 0 aliphatic rings. The van der Waals surface area contributed by atoms with Crippen molar-refractivity contribution in [2.75, 3.05) is 5.32 Å². The van der Waals surface area contributed by atoms with Crippen molar-refractivity contribution in [3.8, 4) is 11.3 Å². The largest absolute Gasteiger partial charge is 0.365 e. The number of pyridine rings is 1. The summed E-state index contributed by atoms with van der Waals surface area (Å²) in [6.07, 6.45) is 0. The smallest absolute Gasteiger partial charge is 0.139 e. The van der Waals surface area contributed by atoms with Crippen molar-refractivity contribution >= 4 is 34.7 Å². The highest BCUT2D eigenvalue weighted by Crippen LogP contribution is 2.35. The minimum absolute atomic E-state index is 0.0989. The Morgan fingerprint density at radius 3 is 2.33 bits per heavy atom. The lowest BCUT2D eigenvalue weighted by Crippen LogP contribution is -2.27. The number of aromatic nitrogens is 2. The van der Waals surface area contributed by atoms with Gasteiger partial charge in [0.1, 0.15) is 17.2 Å². The second kappa shape index (κ2) is 5.98. The standard InChI is InChI=1S/C19H21Cl2N3/c1-11-8-12(2)24-16(9-11)22-17(18(24)23-19(3,4)5)13-6-7-14(20)15(21)10-13/h6-10,23H,1-5H3. The number of anilines is 1. The van der Waals surface area contributed by atoms with Gasteiger partial charge in [-0.05, 0) is 64.4 Å². The van der Waals surface area contributed by atoms with Crippen LogP contribution in [0.4, 0.5) is 5.82 Å². The number of nitrogens with zero attached hydrogens (tertiary/aromatic N) is 2. The maximum Gasteiger partial charge on any atom is 0.139 e. The lowest BCUT2D eigenvalue weighted by molar-refractivity contribution is 0.629. The maximum absolute atomic E-state index is 6.22. The minimum Gasteiger partial charge on any atom is -0.365 e. The monoisotopic (exact) mass is 361 g/mol. The van der Waals surface area contributed by atoms with Gasteiger partial charge in [0, 0.05) is 16.8 Å². The Hall–Kier alpha value is -1.71. The summed E-state index contributed by atoms with van der Waals surface area (Å²) in [4.78, 5) is 4.86. The van der Waals surface area contributed by atoms with Crippen molar-refractivity contribution < 1.29 is 0 Å². The molecule has 2 aromatic heterocycles. The zero-order valence-electron chi connectivity index (χ0n) is 14.5. The van der Waals surface area contributed by atoms with Crippen LogP contribution >= 0.6 is 23.2 Å². The predicted octanol–water partition coefficient (Wildman–Crippen LogP) is 6.14. The fourth-order valence-electron chi connectivity index (χ4n) is 2.85. The average molecular weight is 362 g/mol. The first kappa shape index (κ1) is 17.1. The Balaban J connectivity index is 2.31. The molecule has 5 heteroatoms. The number of fused-ring (bicyclic) bond motifs is 1. The molecule has 3 nitrogen and oxygen atoms in total. The summed E-state index contributed by atoms with van der Waals surface area (Å²) in [6.45, 7) is 10.6. The van der Waals surface area contributed by atoms with Gasteiger partial charge in [0.2, 0.25) is 0 Å². The van der Waals surface area contributed by atoms with Crippen LogP contribution in [0.3, 0.4) is 0 Å². The number of hydrogen-bond acceptors (Lipinski definition) is 2. The zero-order valence-corrected chi connectivity index (χ0v) is 16.0. The van der Waals surface area contributed by atoms with Crippen LogP contribution in [-0.2, 0) is 0 Å². The van der Waals surface area contributed by atoms with E-state index in [2.05, 4.69) is 56.5 Å². The molecule has 126 valence electrons. The molecule has 0 saturated heterocycles. The van der Waals surface area contributed by atoms with E-state index in [1.54, 1.807) is 0 Å². The highest BCUT2D eigenvalue weighted by molar-refractivity contribution is 6.42. The van der Waals surface area contributed by atoms with Crippen molar-refractivity contribution in [1.82, 2.24) is 9.38 Å². The molecule has 0 spiro atoms. The van der Waals surface area contributed by atoms with E-state index in [4.69, 9.17) is 28.2 Å². The van der Waals surface area contributed by atoms with Crippen molar-refractivity contribution in [2.24, 2.45) is 0 Å².